The molecule has 12 heteroatoms. The van der Waals surface area contributed by atoms with E-state index in [4.69, 9.17) is 39.3 Å². The molecule has 0 N–H and O–H groups in total. The van der Waals surface area contributed by atoms with Gasteiger partial charge in [0.05, 0.1) is 55.9 Å². The lowest BCUT2D eigenvalue weighted by molar-refractivity contribution is 0.660. The van der Waals surface area contributed by atoms with E-state index in [0.717, 1.165) is 144 Å². The Kier molecular flexibility index (Phi) is 19.2. The molecule has 0 radical (unpaired) electrons. The number of rotatable bonds is 12. The predicted molar refractivity (Wildman–Crippen MR) is 554 cm³/mol. The van der Waals surface area contributed by atoms with E-state index >= 15 is 0 Å². The molecule has 0 aliphatic heterocycles. The number of hydrogen-bond acceptors (Lipinski definition) is 9. The van der Waals surface area contributed by atoms with Crippen LogP contribution in [0, 0.1) is 0 Å². The summed E-state index contributed by atoms with van der Waals surface area (Å²) in [5.41, 5.74) is 30.5. The summed E-state index contributed by atoms with van der Waals surface area (Å²) in [6, 6.07) is 158. The van der Waals surface area contributed by atoms with Crippen molar-refractivity contribution in [2.45, 2.75) is 19.3 Å². The standard InChI is InChI=1S/C43H31N3.C40H25N3O.C39H24N4S/c1-43(2)36-19-11-9-17-32(36)34-25-30(21-23-37(34)43)31-22-24-41-35(26-31)33-18-10-12-20-40(33)46(41)42-44-38(28-13-5-3-6-14-28)27-39(45-42)29-15-7-4-8-16-29;1-3-11-26(12-4-1)34-25-35(27-13-5-2-6-14-27)42-40(41-34)43-36-17-9-7-15-30(36)32-23-28(19-21-37(32)43)29-20-22-39-33(24-29)31-16-8-10-18-38(31)44-39;1-3-11-25(12-4-1)37-40-38(26-13-5-2-6-14-26)42-39(41-37)43-33-17-9-7-15-29(33)31-23-27(19-21-34(31)43)28-20-22-36-32(24-28)30-16-8-10-18-35(30)44-36/h3-27H,1-2H3;1-25H;1-24H. The highest BCUT2D eigenvalue weighted by Gasteiger charge is 2.36. The van der Waals surface area contributed by atoms with Crippen molar-refractivity contribution in [1.82, 2.24) is 48.6 Å². The van der Waals surface area contributed by atoms with Gasteiger partial charge in [-0.05, 0) is 165 Å². The van der Waals surface area contributed by atoms with Gasteiger partial charge in [-0.25, -0.2) is 24.9 Å². The van der Waals surface area contributed by atoms with Gasteiger partial charge in [0.25, 0.3) is 0 Å². The van der Waals surface area contributed by atoms with Gasteiger partial charge in [-0.15, -0.1) is 11.3 Å². The highest BCUT2D eigenvalue weighted by Crippen LogP contribution is 2.51. The third-order valence-electron chi connectivity index (χ3n) is 26.3. The Morgan fingerprint density at radius 1 is 0.201 bits per heavy atom. The molecule has 27 rings (SSSR count). The summed E-state index contributed by atoms with van der Waals surface area (Å²) in [5, 5.41) is 11.9. The van der Waals surface area contributed by atoms with Crippen molar-refractivity contribution >= 4 is 119 Å². The van der Waals surface area contributed by atoms with Crippen molar-refractivity contribution in [2.75, 3.05) is 0 Å². The van der Waals surface area contributed by atoms with Crippen LogP contribution in [0.4, 0.5) is 0 Å². The van der Waals surface area contributed by atoms with Crippen LogP contribution < -0.4 is 0 Å². The van der Waals surface area contributed by atoms with Gasteiger partial charge in [-0.2, -0.15) is 9.97 Å². The fraction of sp³-hybridized carbons (Fsp3) is 0.0246. The average molecular weight is 1730 g/mol. The minimum Gasteiger partial charge on any atom is -0.456 e. The molecule has 630 valence electrons. The number of nitrogens with zero attached hydrogens (tertiary/aromatic N) is 10. The van der Waals surface area contributed by atoms with Crippen LogP contribution in [0.25, 0.3) is 238 Å². The molecule has 1 aliphatic rings. The number of aromatic nitrogens is 10. The molecule has 11 nitrogen and oxygen atoms in total. The molecule has 0 spiro atoms. The van der Waals surface area contributed by atoms with E-state index in [1.54, 1.807) is 0 Å². The van der Waals surface area contributed by atoms with E-state index in [-0.39, 0.29) is 5.41 Å². The van der Waals surface area contributed by atoms with Crippen molar-refractivity contribution in [3.63, 3.8) is 0 Å². The third-order valence-corrected chi connectivity index (χ3v) is 27.5. The molecule has 0 unspecified atom stereocenters. The lowest BCUT2D eigenvalue weighted by Gasteiger charge is -2.21. The summed E-state index contributed by atoms with van der Waals surface area (Å²) in [6.45, 7) is 4.66. The van der Waals surface area contributed by atoms with Crippen molar-refractivity contribution in [3.8, 4) is 130 Å². The number of thiophene rings is 1. The Morgan fingerprint density at radius 2 is 0.515 bits per heavy atom. The molecule has 26 aromatic rings. The number of benzene rings is 18. The summed E-state index contributed by atoms with van der Waals surface area (Å²) in [4.78, 5) is 35.7. The normalized spacial score (nSPS) is 12.2. The molecule has 0 atom stereocenters. The predicted octanol–water partition coefficient (Wildman–Crippen LogP) is 31.7. The van der Waals surface area contributed by atoms with E-state index in [0.29, 0.717) is 29.5 Å². The van der Waals surface area contributed by atoms with Crippen molar-refractivity contribution in [3.05, 3.63) is 460 Å². The zero-order chi connectivity index (χ0) is 88.9. The highest BCUT2D eigenvalue weighted by atomic mass is 32.1. The van der Waals surface area contributed by atoms with Gasteiger partial charge >= 0.3 is 0 Å². The number of fused-ring (bicyclic) bond motifs is 18. The van der Waals surface area contributed by atoms with Gasteiger partial charge in [-0.1, -0.05) is 354 Å². The molecular weight excluding hydrogens is 1650 g/mol. The van der Waals surface area contributed by atoms with Crippen molar-refractivity contribution in [1.29, 1.82) is 0 Å². The Bertz CT molecular complexity index is 8570. The molecular formula is C122H80N10OS. The molecule has 8 aromatic heterocycles. The maximum absolute atomic E-state index is 6.09. The first-order valence-electron chi connectivity index (χ1n) is 45.2. The van der Waals surface area contributed by atoms with Crippen LogP contribution in [0.15, 0.2) is 453 Å². The van der Waals surface area contributed by atoms with Gasteiger partial charge in [0.1, 0.15) is 11.2 Å². The van der Waals surface area contributed by atoms with Gasteiger partial charge < -0.3 is 4.42 Å². The summed E-state index contributed by atoms with van der Waals surface area (Å²) >= 11 is 1.85. The molecule has 1 aliphatic carbocycles. The van der Waals surface area contributed by atoms with Crippen LogP contribution in [0.3, 0.4) is 0 Å². The number of hydrogen-bond donors (Lipinski definition) is 0. The molecule has 134 heavy (non-hydrogen) atoms. The zero-order valence-corrected chi connectivity index (χ0v) is 73.8. The summed E-state index contributed by atoms with van der Waals surface area (Å²) in [7, 11) is 0. The van der Waals surface area contributed by atoms with Crippen LogP contribution in [-0.2, 0) is 5.41 Å². The summed E-state index contributed by atoms with van der Waals surface area (Å²) in [5.74, 6) is 3.20. The largest absolute Gasteiger partial charge is 0.456 e. The van der Waals surface area contributed by atoms with Gasteiger partial charge in [0, 0.05) is 102 Å². The monoisotopic (exact) mass is 1730 g/mol. The molecule has 0 bridgehead atoms. The fourth-order valence-electron chi connectivity index (χ4n) is 19.8. The van der Waals surface area contributed by atoms with Crippen LogP contribution >= 0.6 is 11.3 Å². The Balaban J connectivity index is 0.000000108. The maximum Gasteiger partial charge on any atom is 0.238 e. The second-order valence-corrected chi connectivity index (χ2v) is 35.7. The highest BCUT2D eigenvalue weighted by molar-refractivity contribution is 7.25. The first-order chi connectivity index (χ1) is 66.2. The van der Waals surface area contributed by atoms with Gasteiger partial charge in [0.15, 0.2) is 11.6 Å². The molecule has 8 heterocycles. The lowest BCUT2D eigenvalue weighted by atomic mass is 9.82. The first-order valence-corrected chi connectivity index (χ1v) is 46.0. The van der Waals surface area contributed by atoms with Crippen LogP contribution in [0.5, 0.6) is 0 Å². The Morgan fingerprint density at radius 3 is 0.978 bits per heavy atom. The smallest absolute Gasteiger partial charge is 0.238 e. The molecule has 0 saturated carbocycles. The van der Waals surface area contributed by atoms with Crippen LogP contribution in [0.2, 0.25) is 0 Å². The van der Waals surface area contributed by atoms with Crippen molar-refractivity contribution < 1.29 is 4.42 Å². The topological polar surface area (TPSA) is 118 Å². The quantitative estimate of drug-likeness (QED) is 0.119. The minimum absolute atomic E-state index is 0.00524. The van der Waals surface area contributed by atoms with Crippen molar-refractivity contribution in [2.24, 2.45) is 0 Å². The Labute approximate surface area is 775 Å². The second-order valence-electron chi connectivity index (χ2n) is 34.7. The fourth-order valence-corrected chi connectivity index (χ4v) is 20.9. The maximum atomic E-state index is 6.09. The third kappa shape index (κ3) is 13.9. The number of para-hydroxylation sites is 4. The number of furan rings is 1. The first kappa shape index (κ1) is 78.8. The summed E-state index contributed by atoms with van der Waals surface area (Å²) in [6.07, 6.45) is 0. The molecule has 0 saturated heterocycles. The summed E-state index contributed by atoms with van der Waals surface area (Å²) < 4.78 is 15.3. The van der Waals surface area contributed by atoms with E-state index in [9.17, 15) is 0 Å². The van der Waals surface area contributed by atoms with E-state index in [1.807, 2.05) is 133 Å². The van der Waals surface area contributed by atoms with E-state index < -0.39 is 0 Å². The minimum atomic E-state index is -0.00524. The van der Waals surface area contributed by atoms with E-state index in [2.05, 4.69) is 355 Å². The average Bonchev–Trinajstić information content (AvgIpc) is 1.58. The molecule has 18 aromatic carbocycles. The second kappa shape index (κ2) is 32.6. The van der Waals surface area contributed by atoms with Gasteiger partial charge in [0.2, 0.25) is 17.8 Å². The SMILES string of the molecule is CC1(C)c2ccccc2-c2cc(-c3ccc4c(c3)c3ccccc3n4-c3nc(-c4ccccc4)cc(-c4ccccc4)n3)ccc21.c1ccc(-c2cc(-c3ccccc3)nc(-n3c4ccccc4c4cc(-c5ccc6oc7ccccc7c6c5)ccc43)n2)cc1.c1ccc(-c2nc(-c3ccccc3)nc(-n3c4ccccc4c4cc(-c5ccc6sc7ccccc7c6c5)ccc43)n2)cc1. The van der Waals surface area contributed by atoms with Gasteiger partial charge in [-0.3, -0.25) is 13.7 Å². The van der Waals surface area contributed by atoms with E-state index in [1.165, 1.54) is 75.5 Å². The van der Waals surface area contributed by atoms with Crippen LogP contribution in [-0.4, -0.2) is 48.6 Å². The molecule has 0 fully saturated rings. The zero-order valence-electron chi connectivity index (χ0n) is 73.0. The lowest BCUT2D eigenvalue weighted by Crippen LogP contribution is -2.14. The molecule has 0 amide bonds. The van der Waals surface area contributed by atoms with Crippen LogP contribution in [0.1, 0.15) is 25.0 Å². The Hall–Kier alpha value is -17.5.